The van der Waals surface area contributed by atoms with E-state index in [0.29, 0.717) is 11.7 Å². The Bertz CT molecular complexity index is 797. The number of anilines is 1. The fraction of sp³-hybridized carbons (Fsp3) is 0.235. The summed E-state index contributed by atoms with van der Waals surface area (Å²) in [7, 11) is 0. The van der Waals surface area contributed by atoms with E-state index in [0.717, 1.165) is 24.2 Å². The van der Waals surface area contributed by atoms with Crippen molar-refractivity contribution in [2.75, 3.05) is 5.32 Å². The zero-order valence-corrected chi connectivity index (χ0v) is 14.2. The van der Waals surface area contributed by atoms with Gasteiger partial charge in [-0.2, -0.15) is 0 Å². The average molecular weight is 341 g/mol. The number of urea groups is 1. The number of nitrogens with one attached hydrogen (secondary N) is 2. The maximum Gasteiger partial charge on any atom is 0.321 e. The van der Waals surface area contributed by atoms with Crippen molar-refractivity contribution in [3.8, 4) is 0 Å². The van der Waals surface area contributed by atoms with E-state index in [2.05, 4.69) is 32.7 Å². The lowest BCUT2D eigenvalue weighted by molar-refractivity contribution is 0.251. The molecule has 124 valence electrons. The standard InChI is InChI=1S/C17H19N5OS/c1-2-15-11-24-17(20-15)21-16(23)19-9-13-4-3-5-14(8-13)10-22-7-6-18-12-22/h3-8,11-12H,2,9-10H2,1H3,(H2,19,20,21,23). The minimum absolute atomic E-state index is 0.244. The van der Waals surface area contributed by atoms with Gasteiger partial charge in [0.1, 0.15) is 0 Å². The van der Waals surface area contributed by atoms with E-state index < -0.39 is 0 Å². The molecule has 6 nitrogen and oxygen atoms in total. The summed E-state index contributed by atoms with van der Waals surface area (Å²) in [5.41, 5.74) is 3.21. The molecule has 2 N–H and O–H groups in total. The van der Waals surface area contributed by atoms with Crippen LogP contribution in [0.15, 0.2) is 48.4 Å². The van der Waals surface area contributed by atoms with E-state index in [1.54, 1.807) is 12.5 Å². The second kappa shape index (κ2) is 7.74. The van der Waals surface area contributed by atoms with Crippen molar-refractivity contribution in [2.45, 2.75) is 26.4 Å². The van der Waals surface area contributed by atoms with Crippen LogP contribution in [0.1, 0.15) is 23.7 Å². The fourth-order valence-electron chi connectivity index (χ4n) is 2.28. The monoisotopic (exact) mass is 341 g/mol. The molecule has 0 fully saturated rings. The predicted octanol–water partition coefficient (Wildman–Crippen LogP) is 3.27. The van der Waals surface area contributed by atoms with Gasteiger partial charge in [-0.1, -0.05) is 31.2 Å². The smallest absolute Gasteiger partial charge is 0.321 e. The number of hydrogen-bond donors (Lipinski definition) is 2. The van der Waals surface area contributed by atoms with E-state index in [4.69, 9.17) is 0 Å². The molecule has 3 aromatic rings. The quantitative estimate of drug-likeness (QED) is 0.723. The molecule has 0 aliphatic heterocycles. The highest BCUT2D eigenvalue weighted by Gasteiger charge is 2.06. The lowest BCUT2D eigenvalue weighted by atomic mass is 10.1. The molecule has 24 heavy (non-hydrogen) atoms. The summed E-state index contributed by atoms with van der Waals surface area (Å²) in [5.74, 6) is 0. The van der Waals surface area contributed by atoms with Crippen molar-refractivity contribution in [1.82, 2.24) is 19.9 Å². The molecular formula is C17H19N5OS. The number of benzene rings is 1. The normalized spacial score (nSPS) is 10.5. The molecule has 0 unspecified atom stereocenters. The van der Waals surface area contributed by atoms with Gasteiger partial charge in [0.25, 0.3) is 0 Å². The second-order valence-corrected chi connectivity index (χ2v) is 6.22. The summed E-state index contributed by atoms with van der Waals surface area (Å²) in [5, 5.41) is 8.20. The number of thiazole rings is 1. The van der Waals surface area contributed by atoms with Crippen LogP contribution in [-0.4, -0.2) is 20.6 Å². The number of carbonyl (C=O) groups is 1. The SMILES string of the molecule is CCc1csc(NC(=O)NCc2cccc(Cn3ccnc3)c2)n1. The van der Waals surface area contributed by atoms with E-state index in [-0.39, 0.29) is 6.03 Å². The Kier molecular flexibility index (Phi) is 5.22. The second-order valence-electron chi connectivity index (χ2n) is 5.36. The van der Waals surface area contributed by atoms with Crippen LogP contribution < -0.4 is 10.6 Å². The van der Waals surface area contributed by atoms with Crippen LogP contribution in [0.3, 0.4) is 0 Å². The molecule has 0 atom stereocenters. The molecule has 0 aliphatic carbocycles. The van der Waals surface area contributed by atoms with Gasteiger partial charge in [0.15, 0.2) is 5.13 Å². The first kappa shape index (κ1) is 16.2. The predicted molar refractivity (Wildman–Crippen MR) is 95.1 cm³/mol. The first-order chi connectivity index (χ1) is 11.7. The molecule has 0 saturated heterocycles. The van der Waals surface area contributed by atoms with E-state index in [1.807, 2.05) is 35.2 Å². The minimum Gasteiger partial charge on any atom is -0.334 e. The Morgan fingerprint density at radius 3 is 2.96 bits per heavy atom. The molecule has 2 heterocycles. The lowest BCUT2D eigenvalue weighted by Crippen LogP contribution is -2.28. The van der Waals surface area contributed by atoms with Crippen LogP contribution in [0.2, 0.25) is 0 Å². The number of hydrogen-bond acceptors (Lipinski definition) is 4. The third-order valence-corrected chi connectivity index (χ3v) is 4.31. The third-order valence-electron chi connectivity index (χ3n) is 3.50. The molecule has 7 heteroatoms. The number of aromatic nitrogens is 3. The Hall–Kier alpha value is -2.67. The van der Waals surface area contributed by atoms with E-state index >= 15 is 0 Å². The highest BCUT2D eigenvalue weighted by atomic mass is 32.1. The van der Waals surface area contributed by atoms with Gasteiger partial charge in [-0.05, 0) is 17.5 Å². The van der Waals surface area contributed by atoms with Crippen LogP contribution in [0.25, 0.3) is 0 Å². The van der Waals surface area contributed by atoms with Crippen molar-refractivity contribution in [3.05, 3.63) is 65.2 Å². The Balaban J connectivity index is 1.53. The average Bonchev–Trinajstić information content (AvgIpc) is 3.25. The Labute approximate surface area is 144 Å². The van der Waals surface area contributed by atoms with E-state index in [9.17, 15) is 4.79 Å². The molecule has 0 aliphatic rings. The number of amides is 2. The van der Waals surface area contributed by atoms with Gasteiger partial charge in [0.2, 0.25) is 0 Å². The van der Waals surface area contributed by atoms with Crippen molar-refractivity contribution in [2.24, 2.45) is 0 Å². The summed E-state index contributed by atoms with van der Waals surface area (Å²) in [4.78, 5) is 20.3. The van der Waals surface area contributed by atoms with Gasteiger partial charge < -0.3 is 9.88 Å². The van der Waals surface area contributed by atoms with Gasteiger partial charge >= 0.3 is 6.03 Å². The van der Waals surface area contributed by atoms with Crippen LogP contribution in [0.4, 0.5) is 9.93 Å². The van der Waals surface area contributed by atoms with Gasteiger partial charge in [0.05, 0.1) is 12.0 Å². The molecule has 2 amide bonds. The summed E-state index contributed by atoms with van der Waals surface area (Å²) in [6.45, 7) is 3.27. The maximum atomic E-state index is 12.0. The molecule has 1 aromatic carbocycles. The van der Waals surface area contributed by atoms with Crippen molar-refractivity contribution >= 4 is 22.5 Å². The third kappa shape index (κ3) is 4.42. The topological polar surface area (TPSA) is 71.8 Å². The summed E-state index contributed by atoms with van der Waals surface area (Å²) < 4.78 is 2.01. The number of rotatable bonds is 6. The van der Waals surface area contributed by atoms with Crippen molar-refractivity contribution in [1.29, 1.82) is 0 Å². The zero-order chi connectivity index (χ0) is 16.8. The van der Waals surface area contributed by atoms with Gasteiger partial charge in [0, 0.05) is 30.9 Å². The molecule has 3 rings (SSSR count). The maximum absolute atomic E-state index is 12.0. The molecule has 0 spiro atoms. The van der Waals surface area contributed by atoms with Crippen LogP contribution in [0, 0.1) is 0 Å². The number of carbonyl (C=O) groups excluding carboxylic acids is 1. The molecular weight excluding hydrogens is 322 g/mol. The van der Waals surface area contributed by atoms with Crippen molar-refractivity contribution < 1.29 is 4.79 Å². The summed E-state index contributed by atoms with van der Waals surface area (Å²) in [6.07, 6.45) is 6.34. The summed E-state index contributed by atoms with van der Waals surface area (Å²) >= 11 is 1.44. The zero-order valence-electron chi connectivity index (χ0n) is 13.4. The largest absolute Gasteiger partial charge is 0.334 e. The highest BCUT2D eigenvalue weighted by Crippen LogP contribution is 2.15. The number of nitrogens with zero attached hydrogens (tertiary/aromatic N) is 3. The summed E-state index contributed by atoms with van der Waals surface area (Å²) in [6, 6.07) is 7.89. The van der Waals surface area contributed by atoms with E-state index in [1.165, 1.54) is 16.9 Å². The van der Waals surface area contributed by atoms with Gasteiger partial charge in [-0.3, -0.25) is 5.32 Å². The highest BCUT2D eigenvalue weighted by molar-refractivity contribution is 7.13. The first-order valence-corrected chi connectivity index (χ1v) is 8.63. The number of imidazole rings is 1. The fourth-order valence-corrected chi connectivity index (χ4v) is 3.07. The van der Waals surface area contributed by atoms with Gasteiger partial charge in [-0.15, -0.1) is 11.3 Å². The molecule has 2 aromatic heterocycles. The minimum atomic E-state index is -0.244. The first-order valence-electron chi connectivity index (χ1n) is 7.75. The lowest BCUT2D eigenvalue weighted by Gasteiger charge is -2.08. The Morgan fingerprint density at radius 2 is 2.21 bits per heavy atom. The molecule has 0 radical (unpaired) electrons. The van der Waals surface area contributed by atoms with Crippen LogP contribution >= 0.6 is 11.3 Å². The Morgan fingerprint density at radius 1 is 1.33 bits per heavy atom. The number of aryl methyl sites for hydroxylation is 1. The van der Waals surface area contributed by atoms with Crippen molar-refractivity contribution in [3.63, 3.8) is 0 Å². The van der Waals surface area contributed by atoms with Crippen LogP contribution in [-0.2, 0) is 19.5 Å². The molecule has 0 bridgehead atoms. The van der Waals surface area contributed by atoms with Crippen LogP contribution in [0.5, 0.6) is 0 Å². The molecule has 0 saturated carbocycles. The van der Waals surface area contributed by atoms with Gasteiger partial charge in [-0.25, -0.2) is 14.8 Å².